The molecule has 2 aromatic heterocycles. The second kappa shape index (κ2) is 7.25. The van der Waals surface area contributed by atoms with Crippen molar-refractivity contribution in [2.45, 2.75) is 58.3 Å². The Hall–Kier alpha value is -1.24. The summed E-state index contributed by atoms with van der Waals surface area (Å²) in [4.78, 5) is 0. The van der Waals surface area contributed by atoms with Crippen molar-refractivity contribution >= 4 is 5.52 Å². The average Bonchev–Trinajstić information content (AvgIpc) is 2.81. The van der Waals surface area contributed by atoms with E-state index in [0.717, 1.165) is 0 Å². The van der Waals surface area contributed by atoms with Gasteiger partial charge in [-0.05, 0) is 36.6 Å². The van der Waals surface area contributed by atoms with Crippen LogP contribution in [0.1, 0.15) is 57.4 Å². The number of hydrogen-bond acceptors (Lipinski definition) is 0. The van der Waals surface area contributed by atoms with Crippen LogP contribution in [0.25, 0.3) is 5.52 Å². The van der Waals surface area contributed by atoms with Crippen LogP contribution in [0.5, 0.6) is 0 Å². The lowest BCUT2D eigenvalue weighted by Gasteiger charge is -2.02. The van der Waals surface area contributed by atoms with Crippen molar-refractivity contribution in [3.8, 4) is 0 Å². The van der Waals surface area contributed by atoms with Crippen LogP contribution in [-0.2, 0) is 6.42 Å². The Kier molecular flexibility index (Phi) is 5.32. The average molecular weight is 243 g/mol. The molecule has 0 amide bonds. The maximum absolute atomic E-state index is 2.28. The zero-order chi connectivity index (χ0) is 12.6. The van der Waals surface area contributed by atoms with Crippen LogP contribution in [0.4, 0.5) is 0 Å². The highest BCUT2D eigenvalue weighted by atomic mass is 14.8. The van der Waals surface area contributed by atoms with E-state index in [0.29, 0.717) is 0 Å². The number of rotatable bonds is 8. The van der Waals surface area contributed by atoms with Crippen molar-refractivity contribution in [1.82, 2.24) is 4.40 Å². The number of nitrogens with zero attached hydrogens (tertiary/aromatic N) is 1. The number of pyridine rings is 1. The minimum atomic E-state index is 1.23. The van der Waals surface area contributed by atoms with Crippen molar-refractivity contribution < 1.29 is 0 Å². The van der Waals surface area contributed by atoms with Crippen molar-refractivity contribution in [2.24, 2.45) is 0 Å². The normalized spacial score (nSPS) is 11.2. The molecular weight excluding hydrogens is 218 g/mol. The molecular formula is C17H25N. The number of aryl methyl sites for hydroxylation is 1. The van der Waals surface area contributed by atoms with Gasteiger partial charge in [-0.15, -0.1) is 0 Å². The first kappa shape index (κ1) is 13.2. The Morgan fingerprint density at radius 1 is 0.833 bits per heavy atom. The zero-order valence-corrected chi connectivity index (χ0v) is 11.6. The van der Waals surface area contributed by atoms with Gasteiger partial charge in [-0.25, -0.2) is 0 Å². The molecule has 2 aromatic rings. The molecule has 0 bridgehead atoms. The number of fused-ring (bicyclic) bond motifs is 1. The van der Waals surface area contributed by atoms with Crippen LogP contribution < -0.4 is 0 Å². The van der Waals surface area contributed by atoms with Crippen LogP contribution in [0.15, 0.2) is 36.7 Å². The summed E-state index contributed by atoms with van der Waals surface area (Å²) in [5.74, 6) is 0. The molecule has 0 saturated carbocycles. The standard InChI is InChI=1S/C17H25N/c1-2-3-4-5-6-7-8-11-16-13-15-18-14-10-9-12-17(16)18/h9-10,12-15H,2-8,11H2,1H3. The summed E-state index contributed by atoms with van der Waals surface area (Å²) in [6.45, 7) is 2.28. The van der Waals surface area contributed by atoms with Gasteiger partial charge in [-0.1, -0.05) is 51.5 Å². The summed E-state index contributed by atoms with van der Waals surface area (Å²) in [5.41, 5.74) is 2.88. The van der Waals surface area contributed by atoms with Gasteiger partial charge in [0.15, 0.2) is 0 Å². The fraction of sp³-hybridized carbons (Fsp3) is 0.529. The van der Waals surface area contributed by atoms with E-state index in [2.05, 4.69) is 48.0 Å². The largest absolute Gasteiger partial charge is 0.324 e. The minimum Gasteiger partial charge on any atom is -0.324 e. The molecule has 1 heteroatoms. The molecule has 0 saturated heterocycles. The van der Waals surface area contributed by atoms with Gasteiger partial charge in [0.25, 0.3) is 0 Å². The Morgan fingerprint density at radius 2 is 1.61 bits per heavy atom. The van der Waals surface area contributed by atoms with Gasteiger partial charge in [0.05, 0.1) is 0 Å². The summed E-state index contributed by atoms with van der Waals surface area (Å²) < 4.78 is 2.22. The molecule has 0 N–H and O–H groups in total. The number of hydrogen-bond donors (Lipinski definition) is 0. The molecule has 1 nitrogen and oxygen atoms in total. The van der Waals surface area contributed by atoms with Gasteiger partial charge in [-0.2, -0.15) is 0 Å². The van der Waals surface area contributed by atoms with Crippen LogP contribution >= 0.6 is 0 Å². The van der Waals surface area contributed by atoms with Crippen LogP contribution in [0.2, 0.25) is 0 Å². The van der Waals surface area contributed by atoms with E-state index < -0.39 is 0 Å². The lowest BCUT2D eigenvalue weighted by Crippen LogP contribution is -1.87. The molecule has 2 heterocycles. The third-order valence-electron chi connectivity index (χ3n) is 3.71. The van der Waals surface area contributed by atoms with Crippen molar-refractivity contribution in [2.75, 3.05) is 0 Å². The van der Waals surface area contributed by atoms with Gasteiger partial charge in [0.1, 0.15) is 0 Å². The molecule has 0 atom stereocenters. The minimum absolute atomic E-state index is 1.23. The van der Waals surface area contributed by atoms with E-state index in [1.165, 1.54) is 62.4 Å². The third-order valence-corrected chi connectivity index (χ3v) is 3.71. The van der Waals surface area contributed by atoms with Crippen molar-refractivity contribution in [1.29, 1.82) is 0 Å². The molecule has 0 fully saturated rings. The molecule has 0 aliphatic heterocycles. The molecule has 0 radical (unpaired) electrons. The molecule has 18 heavy (non-hydrogen) atoms. The quantitative estimate of drug-likeness (QED) is 0.559. The van der Waals surface area contributed by atoms with Crippen LogP contribution in [0.3, 0.4) is 0 Å². The van der Waals surface area contributed by atoms with Gasteiger partial charge in [0.2, 0.25) is 0 Å². The SMILES string of the molecule is CCCCCCCCCc1ccn2ccccc12. The van der Waals surface area contributed by atoms with Crippen LogP contribution in [0, 0.1) is 0 Å². The molecule has 0 aliphatic carbocycles. The Morgan fingerprint density at radius 3 is 2.44 bits per heavy atom. The van der Waals surface area contributed by atoms with Crippen molar-refractivity contribution in [3.05, 3.63) is 42.2 Å². The molecule has 0 spiro atoms. The second-order valence-corrected chi connectivity index (χ2v) is 5.21. The molecule has 0 aliphatic rings. The van der Waals surface area contributed by atoms with E-state index in [9.17, 15) is 0 Å². The van der Waals surface area contributed by atoms with Gasteiger partial charge in [-0.3, -0.25) is 0 Å². The third kappa shape index (κ3) is 3.63. The first-order valence-corrected chi connectivity index (χ1v) is 7.46. The first-order valence-electron chi connectivity index (χ1n) is 7.46. The summed E-state index contributed by atoms with van der Waals surface area (Å²) >= 11 is 0. The Bertz CT molecular complexity index is 455. The van der Waals surface area contributed by atoms with E-state index in [1.807, 2.05) is 0 Å². The smallest absolute Gasteiger partial charge is 0.0481 e. The highest BCUT2D eigenvalue weighted by Crippen LogP contribution is 2.16. The van der Waals surface area contributed by atoms with Gasteiger partial charge in [0, 0.05) is 17.9 Å². The number of aromatic nitrogens is 1. The van der Waals surface area contributed by atoms with Crippen molar-refractivity contribution in [3.63, 3.8) is 0 Å². The predicted molar refractivity (Wildman–Crippen MR) is 79.1 cm³/mol. The Balaban J connectivity index is 1.70. The fourth-order valence-corrected chi connectivity index (χ4v) is 2.60. The first-order chi connectivity index (χ1) is 8.92. The van der Waals surface area contributed by atoms with Crippen LogP contribution in [-0.4, -0.2) is 4.40 Å². The highest BCUT2D eigenvalue weighted by molar-refractivity contribution is 5.55. The molecule has 0 aromatic carbocycles. The second-order valence-electron chi connectivity index (χ2n) is 5.21. The van der Waals surface area contributed by atoms with Gasteiger partial charge < -0.3 is 4.40 Å². The Labute approximate surface area is 111 Å². The molecule has 2 rings (SSSR count). The molecule has 0 unspecified atom stereocenters. The zero-order valence-electron chi connectivity index (χ0n) is 11.6. The lowest BCUT2D eigenvalue weighted by atomic mass is 10.1. The van der Waals surface area contributed by atoms with E-state index in [4.69, 9.17) is 0 Å². The van der Waals surface area contributed by atoms with Gasteiger partial charge >= 0.3 is 0 Å². The predicted octanol–water partition coefficient (Wildman–Crippen LogP) is 5.23. The fourth-order valence-electron chi connectivity index (χ4n) is 2.60. The monoisotopic (exact) mass is 243 g/mol. The highest BCUT2D eigenvalue weighted by Gasteiger charge is 2.00. The van der Waals surface area contributed by atoms with E-state index in [-0.39, 0.29) is 0 Å². The van der Waals surface area contributed by atoms with E-state index >= 15 is 0 Å². The summed E-state index contributed by atoms with van der Waals surface area (Å²) in [5, 5.41) is 0. The summed E-state index contributed by atoms with van der Waals surface area (Å²) in [6, 6.07) is 8.71. The lowest BCUT2D eigenvalue weighted by molar-refractivity contribution is 0.590. The number of unbranched alkanes of at least 4 members (excludes halogenated alkanes) is 6. The maximum atomic E-state index is 2.28. The van der Waals surface area contributed by atoms with E-state index in [1.54, 1.807) is 0 Å². The molecule has 98 valence electrons. The summed E-state index contributed by atoms with van der Waals surface area (Å²) in [6.07, 6.45) is 15.3. The summed E-state index contributed by atoms with van der Waals surface area (Å²) in [7, 11) is 0. The topological polar surface area (TPSA) is 4.41 Å². The maximum Gasteiger partial charge on any atom is 0.0481 e.